The highest BCUT2D eigenvalue weighted by atomic mass is 16.5. The minimum atomic E-state index is -0.927. The van der Waals surface area contributed by atoms with Crippen molar-refractivity contribution in [3.8, 4) is 22.6 Å². The molecule has 3 aromatic rings. The van der Waals surface area contributed by atoms with Crippen molar-refractivity contribution in [2.24, 2.45) is 0 Å². The predicted molar refractivity (Wildman–Crippen MR) is 145 cm³/mol. The predicted octanol–water partition coefficient (Wildman–Crippen LogP) is 3.61. The van der Waals surface area contributed by atoms with E-state index in [-0.39, 0.29) is 18.3 Å². The third-order valence-electron chi connectivity index (χ3n) is 6.94. The van der Waals surface area contributed by atoms with Crippen LogP contribution in [-0.2, 0) is 11.2 Å². The van der Waals surface area contributed by atoms with E-state index in [1.54, 1.807) is 12.1 Å². The minimum Gasteiger partial charge on any atom is -0.491 e. The van der Waals surface area contributed by atoms with Gasteiger partial charge in [-0.15, -0.1) is 0 Å². The minimum absolute atomic E-state index is 0.0292. The molecule has 0 aliphatic carbocycles. The van der Waals surface area contributed by atoms with Crippen molar-refractivity contribution in [1.82, 2.24) is 5.32 Å². The first-order valence-electron chi connectivity index (χ1n) is 13.1. The molecule has 8 heteroatoms. The van der Waals surface area contributed by atoms with Crippen molar-refractivity contribution in [1.29, 1.82) is 0 Å². The van der Waals surface area contributed by atoms with E-state index < -0.39 is 12.1 Å². The number of ether oxygens (including phenoxy) is 3. The van der Waals surface area contributed by atoms with Gasteiger partial charge in [-0.3, -0.25) is 0 Å². The number of carboxylic acid groups (broad SMARTS) is 1. The molecule has 0 unspecified atom stereocenters. The van der Waals surface area contributed by atoms with Gasteiger partial charge in [-0.2, -0.15) is 0 Å². The number of carbonyl (C=O) groups is 1. The molecule has 2 atom stereocenters. The van der Waals surface area contributed by atoms with Crippen molar-refractivity contribution in [3.05, 3.63) is 77.9 Å². The standard InChI is InChI=1S/C30H34N2O6/c33-26(20-37-27-3-1-2-25(17-27)32-12-14-36-15-13-32)18-31-19-28-10-8-24-16-23(9-11-29(24)38-28)21-4-6-22(7-5-21)30(34)35/h1-7,9,11,16-17,26,28,31,33H,8,10,12-15,18-20H2,(H,34,35)/t26-,28+/m0/s1. The van der Waals surface area contributed by atoms with Gasteiger partial charge in [0.2, 0.25) is 0 Å². The van der Waals surface area contributed by atoms with E-state index >= 15 is 0 Å². The number of anilines is 1. The number of aliphatic hydroxyl groups is 1. The van der Waals surface area contributed by atoms with Gasteiger partial charge >= 0.3 is 5.97 Å². The first kappa shape index (κ1) is 26.0. The number of nitrogens with zero attached hydrogens (tertiary/aromatic N) is 1. The molecule has 0 amide bonds. The van der Waals surface area contributed by atoms with Gasteiger partial charge in [0.25, 0.3) is 0 Å². The van der Waals surface area contributed by atoms with Crippen LogP contribution in [0, 0.1) is 0 Å². The number of rotatable bonds is 10. The van der Waals surface area contributed by atoms with Crippen LogP contribution in [0.2, 0.25) is 0 Å². The van der Waals surface area contributed by atoms with Gasteiger partial charge in [0, 0.05) is 37.9 Å². The molecule has 3 aromatic carbocycles. The summed E-state index contributed by atoms with van der Waals surface area (Å²) in [6, 6.07) is 21.0. The Kier molecular flexibility index (Phi) is 8.43. The fourth-order valence-electron chi connectivity index (χ4n) is 4.83. The summed E-state index contributed by atoms with van der Waals surface area (Å²) < 4.78 is 17.5. The van der Waals surface area contributed by atoms with Gasteiger partial charge in [0.1, 0.15) is 30.3 Å². The van der Waals surface area contributed by atoms with E-state index in [0.717, 1.165) is 73.0 Å². The van der Waals surface area contributed by atoms with E-state index in [0.29, 0.717) is 13.1 Å². The second-order valence-corrected chi connectivity index (χ2v) is 9.70. The molecule has 2 aliphatic heterocycles. The first-order chi connectivity index (χ1) is 18.5. The van der Waals surface area contributed by atoms with Gasteiger partial charge in [-0.25, -0.2) is 4.79 Å². The Balaban J connectivity index is 1.06. The van der Waals surface area contributed by atoms with Crippen molar-refractivity contribution in [2.45, 2.75) is 25.0 Å². The van der Waals surface area contributed by atoms with Crippen LogP contribution in [0.25, 0.3) is 11.1 Å². The SMILES string of the molecule is O=C(O)c1ccc(-c2ccc3c(c2)CC[C@H](CNC[C@H](O)COc2cccc(N4CCOCC4)c2)O3)cc1. The van der Waals surface area contributed by atoms with Crippen molar-refractivity contribution in [2.75, 3.05) is 50.9 Å². The number of aryl methyl sites for hydroxylation is 1. The number of hydrogen-bond acceptors (Lipinski definition) is 7. The average Bonchev–Trinajstić information content (AvgIpc) is 2.96. The molecule has 0 bridgehead atoms. The molecule has 0 saturated carbocycles. The van der Waals surface area contributed by atoms with Crippen LogP contribution in [0.3, 0.4) is 0 Å². The van der Waals surface area contributed by atoms with Crippen LogP contribution in [0.5, 0.6) is 11.5 Å². The molecule has 5 rings (SSSR count). The summed E-state index contributed by atoms with van der Waals surface area (Å²) in [6.07, 6.45) is 1.17. The first-order valence-corrected chi connectivity index (χ1v) is 13.1. The zero-order valence-electron chi connectivity index (χ0n) is 21.3. The molecule has 200 valence electrons. The third kappa shape index (κ3) is 6.64. The molecule has 0 aromatic heterocycles. The number of aliphatic hydroxyl groups excluding tert-OH is 1. The lowest BCUT2D eigenvalue weighted by molar-refractivity contribution is 0.0697. The highest BCUT2D eigenvalue weighted by Crippen LogP contribution is 2.32. The van der Waals surface area contributed by atoms with Crippen LogP contribution in [0.15, 0.2) is 66.7 Å². The lowest BCUT2D eigenvalue weighted by Crippen LogP contribution is -2.39. The van der Waals surface area contributed by atoms with E-state index in [1.165, 1.54) is 0 Å². The molecule has 2 aliphatic rings. The summed E-state index contributed by atoms with van der Waals surface area (Å²) in [5.74, 6) is 0.694. The van der Waals surface area contributed by atoms with E-state index in [2.05, 4.69) is 22.3 Å². The molecule has 2 heterocycles. The quantitative estimate of drug-likeness (QED) is 0.374. The summed E-state index contributed by atoms with van der Waals surface area (Å²) in [7, 11) is 0. The monoisotopic (exact) mass is 518 g/mol. The summed E-state index contributed by atoms with van der Waals surface area (Å²) in [5, 5.41) is 22.8. The Labute approximate surface area is 222 Å². The zero-order valence-corrected chi connectivity index (χ0v) is 21.3. The number of carboxylic acids is 1. The fraction of sp³-hybridized carbons (Fsp3) is 0.367. The third-order valence-corrected chi connectivity index (χ3v) is 6.94. The van der Waals surface area contributed by atoms with Gasteiger partial charge in [0.05, 0.1) is 18.8 Å². The number of nitrogens with one attached hydrogen (secondary N) is 1. The van der Waals surface area contributed by atoms with Crippen molar-refractivity contribution >= 4 is 11.7 Å². The maximum atomic E-state index is 11.1. The summed E-state index contributed by atoms with van der Waals surface area (Å²) in [5.41, 5.74) is 4.55. The number of aromatic carboxylic acids is 1. The van der Waals surface area contributed by atoms with Crippen LogP contribution < -0.4 is 19.7 Å². The molecule has 3 N–H and O–H groups in total. The Bertz CT molecular complexity index is 1230. The normalized spacial score (nSPS) is 17.8. The molecule has 0 radical (unpaired) electrons. The Morgan fingerprint density at radius 3 is 2.63 bits per heavy atom. The van der Waals surface area contributed by atoms with Gasteiger partial charge in [-0.1, -0.05) is 24.3 Å². The zero-order chi connectivity index (χ0) is 26.3. The van der Waals surface area contributed by atoms with Crippen molar-refractivity contribution in [3.63, 3.8) is 0 Å². The summed E-state index contributed by atoms with van der Waals surface area (Å²) >= 11 is 0. The highest BCUT2D eigenvalue weighted by molar-refractivity contribution is 5.88. The van der Waals surface area contributed by atoms with Gasteiger partial charge < -0.3 is 34.6 Å². The van der Waals surface area contributed by atoms with Crippen LogP contribution in [0.1, 0.15) is 22.3 Å². The molecule has 1 fully saturated rings. The summed E-state index contributed by atoms with van der Waals surface area (Å²) in [6.45, 7) is 4.47. The Hall–Kier alpha value is -3.59. The topological polar surface area (TPSA) is 100 Å². The molecular formula is C30H34N2O6. The molecular weight excluding hydrogens is 484 g/mol. The van der Waals surface area contributed by atoms with Crippen LogP contribution in [-0.4, -0.2) is 74.4 Å². The van der Waals surface area contributed by atoms with E-state index in [4.69, 9.17) is 19.3 Å². The Morgan fingerprint density at radius 2 is 1.84 bits per heavy atom. The van der Waals surface area contributed by atoms with Gasteiger partial charge in [-0.05, 0) is 65.9 Å². The lowest BCUT2D eigenvalue weighted by Gasteiger charge is -2.29. The Morgan fingerprint density at radius 1 is 1.05 bits per heavy atom. The second kappa shape index (κ2) is 12.3. The smallest absolute Gasteiger partial charge is 0.335 e. The van der Waals surface area contributed by atoms with Crippen LogP contribution >= 0.6 is 0 Å². The van der Waals surface area contributed by atoms with E-state index in [1.807, 2.05) is 42.5 Å². The maximum Gasteiger partial charge on any atom is 0.335 e. The maximum absolute atomic E-state index is 11.1. The number of fused-ring (bicyclic) bond motifs is 1. The lowest BCUT2D eigenvalue weighted by atomic mass is 9.96. The second-order valence-electron chi connectivity index (χ2n) is 9.70. The number of hydrogen-bond donors (Lipinski definition) is 3. The van der Waals surface area contributed by atoms with Crippen LogP contribution in [0.4, 0.5) is 5.69 Å². The molecule has 1 saturated heterocycles. The number of benzene rings is 3. The molecule has 0 spiro atoms. The highest BCUT2D eigenvalue weighted by Gasteiger charge is 2.20. The molecule has 38 heavy (non-hydrogen) atoms. The van der Waals surface area contributed by atoms with Gasteiger partial charge in [0.15, 0.2) is 0 Å². The summed E-state index contributed by atoms with van der Waals surface area (Å²) in [4.78, 5) is 13.4. The largest absolute Gasteiger partial charge is 0.491 e. The number of morpholine rings is 1. The average molecular weight is 519 g/mol. The van der Waals surface area contributed by atoms with E-state index in [9.17, 15) is 9.90 Å². The van der Waals surface area contributed by atoms with Crippen molar-refractivity contribution < 1.29 is 29.2 Å². The molecule has 8 nitrogen and oxygen atoms in total. The fourth-order valence-corrected chi connectivity index (χ4v) is 4.83.